The molecule has 0 bridgehead atoms. The maximum absolute atomic E-state index is 12.0. The van der Waals surface area contributed by atoms with Crippen LogP contribution in [0.25, 0.3) is 0 Å². The highest BCUT2D eigenvalue weighted by Gasteiger charge is 2.33. The van der Waals surface area contributed by atoms with Gasteiger partial charge in [0.05, 0.1) is 92.3 Å². The molecule has 0 aromatic carbocycles. The number of hydrogen-bond donors (Lipinski definition) is 5. The molecule has 35 nitrogen and oxygen atoms in total. The van der Waals surface area contributed by atoms with Gasteiger partial charge in [-0.05, 0) is 32.1 Å². The molecule has 3 aliphatic heterocycles. The van der Waals surface area contributed by atoms with Crippen molar-refractivity contribution >= 4 is 94.0 Å². The molecule has 6 N–H and O–H groups in total. The topological polar surface area (TPSA) is 459 Å². The number of carbonyl (C=O) groups is 16. The molecule has 3 rings (SSSR count). The molecule has 0 radical (unpaired) electrons. The lowest BCUT2D eigenvalue weighted by molar-refractivity contribution is -0.197. The van der Waals surface area contributed by atoms with E-state index in [0.29, 0.717) is 194 Å². The van der Waals surface area contributed by atoms with Crippen LogP contribution < -0.4 is 27.0 Å². The van der Waals surface area contributed by atoms with Crippen molar-refractivity contribution in [1.29, 1.82) is 0 Å². The zero-order chi connectivity index (χ0) is 76.6. The third-order valence-electron chi connectivity index (χ3n) is 14.5. The number of hydroxylamine groups is 2. The van der Waals surface area contributed by atoms with Crippen molar-refractivity contribution in [2.75, 3.05) is 179 Å². The maximum atomic E-state index is 12.0. The van der Waals surface area contributed by atoms with E-state index in [9.17, 15) is 76.7 Å². The molecular formula is C69H110N8O27. The van der Waals surface area contributed by atoms with Crippen molar-refractivity contribution in [2.24, 2.45) is 5.73 Å². The Morgan fingerprint density at radius 3 is 0.885 bits per heavy atom. The van der Waals surface area contributed by atoms with Crippen LogP contribution in [0.3, 0.4) is 0 Å². The van der Waals surface area contributed by atoms with Crippen LogP contribution in [0.2, 0.25) is 0 Å². The fraction of sp³-hybridized carbons (Fsp3) is 0.710. The van der Waals surface area contributed by atoms with Gasteiger partial charge in [0.25, 0.3) is 35.4 Å². The standard InChI is InChI=1S/C33H53N3O12.C25H47N3O9.C11H10N2O6/c1-44-18-2-5-28(38)11-21-47-25-15-34-31(41)14-24-46-20-4-7-29(39)12-22-48-26-16-35-30(40)13-23-45-19-3-6-27(37)10-17-36-32(42)8-9-33(36)43;1-33-13-2-4-22(29)6-15-36-20-11-27-24(31)8-17-34-14-3-5-23(30)7-16-37-21-12-28-25(32)9-18-35-19-10-26;14-7-1-2-8(15)12(7)6-5-11(18)19-13-9(16)3-4-10(13)17/h8-9H,2-7,10-26H2,1H3,(H,34,41)(H,35,40);2-21,26H2,1H3,(H,27,31)(H,28,32);1-2H,3-6H2. The Morgan fingerprint density at radius 1 is 0.327 bits per heavy atom. The number of hydrogen-bond acceptors (Lipinski definition) is 28. The number of nitrogens with two attached hydrogens (primary N) is 1. The minimum Gasteiger partial charge on any atom is -0.385 e. The van der Waals surface area contributed by atoms with Crippen LogP contribution in [0.15, 0.2) is 24.3 Å². The van der Waals surface area contributed by atoms with E-state index in [4.69, 9.17) is 53.1 Å². The van der Waals surface area contributed by atoms with E-state index in [1.54, 1.807) is 14.2 Å². The molecule has 0 unspecified atom stereocenters. The second kappa shape index (κ2) is 63.6. The molecule has 10 amide bonds. The quantitative estimate of drug-likeness (QED) is 0.0392. The van der Waals surface area contributed by atoms with E-state index in [1.165, 1.54) is 12.2 Å². The van der Waals surface area contributed by atoms with Gasteiger partial charge in [0.2, 0.25) is 23.6 Å². The van der Waals surface area contributed by atoms with E-state index in [1.807, 2.05) is 0 Å². The Balaban J connectivity index is 0.000000847. The first kappa shape index (κ1) is 94.2. The Kier molecular flexibility index (Phi) is 57.6. The van der Waals surface area contributed by atoms with Crippen LogP contribution in [0.1, 0.15) is 141 Å². The van der Waals surface area contributed by atoms with Gasteiger partial charge in [0.1, 0.15) is 28.9 Å². The highest BCUT2D eigenvalue weighted by atomic mass is 16.7. The van der Waals surface area contributed by atoms with Crippen LogP contribution in [-0.4, -0.2) is 288 Å². The summed E-state index contributed by atoms with van der Waals surface area (Å²) in [7, 11) is 3.21. The first-order valence-electron chi connectivity index (χ1n) is 35.3. The Morgan fingerprint density at radius 2 is 0.587 bits per heavy atom. The lowest BCUT2D eigenvalue weighted by atomic mass is 10.1. The van der Waals surface area contributed by atoms with Crippen LogP contribution in [0.4, 0.5) is 0 Å². The Bertz CT molecular complexity index is 2640. The van der Waals surface area contributed by atoms with Crippen molar-refractivity contribution in [3.8, 4) is 0 Å². The lowest BCUT2D eigenvalue weighted by Gasteiger charge is -2.15. The second-order valence-corrected chi connectivity index (χ2v) is 23.2. The molecule has 0 atom stereocenters. The van der Waals surface area contributed by atoms with Gasteiger partial charge < -0.3 is 79.2 Å². The predicted octanol–water partition coefficient (Wildman–Crippen LogP) is -0.0870. The summed E-state index contributed by atoms with van der Waals surface area (Å²) < 4.78 is 52.7. The van der Waals surface area contributed by atoms with Crippen molar-refractivity contribution in [3.63, 3.8) is 0 Å². The summed E-state index contributed by atoms with van der Waals surface area (Å²) >= 11 is 0. The van der Waals surface area contributed by atoms with E-state index in [-0.39, 0.29) is 163 Å². The van der Waals surface area contributed by atoms with Gasteiger partial charge in [-0.2, -0.15) is 0 Å². The molecule has 0 spiro atoms. The second-order valence-electron chi connectivity index (χ2n) is 23.2. The molecular weight excluding hydrogens is 1370 g/mol. The number of methoxy groups -OCH3 is 2. The molecule has 35 heteroatoms. The minimum atomic E-state index is -0.851. The molecule has 104 heavy (non-hydrogen) atoms. The highest BCUT2D eigenvalue weighted by molar-refractivity contribution is 6.13. The van der Waals surface area contributed by atoms with Gasteiger partial charge in [-0.3, -0.25) is 81.7 Å². The van der Waals surface area contributed by atoms with Gasteiger partial charge in [-0.1, -0.05) is 0 Å². The number of carbonyl (C=O) groups excluding carboxylic acids is 16. The van der Waals surface area contributed by atoms with Crippen molar-refractivity contribution < 1.29 is 129 Å². The first-order valence-corrected chi connectivity index (χ1v) is 35.3. The van der Waals surface area contributed by atoms with Crippen molar-refractivity contribution in [1.82, 2.24) is 36.1 Å². The molecule has 0 saturated carbocycles. The number of nitrogens with one attached hydrogen (secondary N) is 4. The molecule has 0 aliphatic carbocycles. The van der Waals surface area contributed by atoms with E-state index in [0.717, 1.165) is 28.4 Å². The molecule has 0 aromatic rings. The van der Waals surface area contributed by atoms with Gasteiger partial charge in [0.15, 0.2) is 0 Å². The Labute approximate surface area is 607 Å². The first-order chi connectivity index (χ1) is 50.2. The smallest absolute Gasteiger partial charge is 0.335 e. The number of nitrogens with zero attached hydrogens (tertiary/aromatic N) is 3. The van der Waals surface area contributed by atoms with Crippen molar-refractivity contribution in [2.45, 2.75) is 141 Å². The average molecular weight is 1480 g/mol. The number of Topliss-reactive ketones (excluding diaryl/α,β-unsaturated/α-hetero) is 5. The summed E-state index contributed by atoms with van der Waals surface area (Å²) in [5.74, 6) is -4.08. The highest BCUT2D eigenvalue weighted by Crippen LogP contribution is 2.14. The SMILES string of the molecule is COCCCC(=O)CCOCCNC(=O)CCOCCCC(=O)CCOCCNC(=O)CCOCCCC(=O)CCN1C(=O)C=CC1=O.COCCCC(=O)CCOCCNC(=O)CCOCCCC(=O)CCOCCNC(=O)CCOCCN.O=C(CCN1C(=O)C=CC1=O)ON1C(=O)CCC1=O. The summed E-state index contributed by atoms with van der Waals surface area (Å²) in [6.07, 6.45) is 11.6. The largest absolute Gasteiger partial charge is 0.385 e. The molecule has 0 aromatic heterocycles. The van der Waals surface area contributed by atoms with Crippen LogP contribution >= 0.6 is 0 Å². The van der Waals surface area contributed by atoms with Gasteiger partial charge in [-0.25, -0.2) is 4.79 Å². The summed E-state index contributed by atoms with van der Waals surface area (Å²) in [4.78, 5) is 192. The van der Waals surface area contributed by atoms with Crippen LogP contribution in [-0.2, 0) is 129 Å². The number of ether oxygens (including phenoxy) is 10. The molecule has 1 fully saturated rings. The number of amides is 10. The fourth-order valence-electron chi connectivity index (χ4n) is 8.82. The van der Waals surface area contributed by atoms with Crippen LogP contribution in [0, 0.1) is 0 Å². The molecule has 588 valence electrons. The lowest BCUT2D eigenvalue weighted by Crippen LogP contribution is -2.35. The minimum absolute atomic E-state index is 0.0130. The monoisotopic (exact) mass is 1480 g/mol. The summed E-state index contributed by atoms with van der Waals surface area (Å²) in [6, 6.07) is 0. The van der Waals surface area contributed by atoms with Crippen LogP contribution in [0.5, 0.6) is 0 Å². The molecule has 3 aliphatic rings. The number of ketones is 5. The predicted molar refractivity (Wildman–Crippen MR) is 368 cm³/mol. The average Bonchev–Trinajstić information content (AvgIpc) is 1.73. The molecule has 3 heterocycles. The van der Waals surface area contributed by atoms with E-state index < -0.39 is 41.4 Å². The van der Waals surface area contributed by atoms with Crippen molar-refractivity contribution in [3.05, 3.63) is 24.3 Å². The summed E-state index contributed by atoms with van der Waals surface area (Å²) in [5, 5.41) is 11.3. The maximum Gasteiger partial charge on any atom is 0.335 e. The number of rotatable bonds is 65. The van der Waals surface area contributed by atoms with Gasteiger partial charge in [-0.15, -0.1) is 5.06 Å². The van der Waals surface area contributed by atoms with E-state index in [2.05, 4.69) is 26.1 Å². The van der Waals surface area contributed by atoms with E-state index >= 15 is 0 Å². The third kappa shape index (κ3) is 53.0. The normalized spacial score (nSPS) is 13.0. The zero-order valence-electron chi connectivity index (χ0n) is 60.5. The van der Waals surface area contributed by atoms with Gasteiger partial charge >= 0.3 is 5.97 Å². The number of imide groups is 3. The third-order valence-corrected chi connectivity index (χ3v) is 14.5. The zero-order valence-corrected chi connectivity index (χ0v) is 60.5. The molecule has 1 saturated heterocycles. The summed E-state index contributed by atoms with van der Waals surface area (Å²) in [6.45, 7) is 8.11. The summed E-state index contributed by atoms with van der Waals surface area (Å²) in [5.41, 5.74) is 5.29. The Hall–Kier alpha value is -7.84. The fourth-order valence-corrected chi connectivity index (χ4v) is 8.82. The van der Waals surface area contributed by atoms with Gasteiger partial charge in [0, 0.05) is 220 Å².